The van der Waals surface area contributed by atoms with Crippen molar-refractivity contribution in [3.8, 4) is 16.9 Å². The van der Waals surface area contributed by atoms with Gasteiger partial charge in [0.1, 0.15) is 5.75 Å². The van der Waals surface area contributed by atoms with Crippen molar-refractivity contribution in [2.45, 2.75) is 42.0 Å². The predicted octanol–water partition coefficient (Wildman–Crippen LogP) is 4.18. The summed E-state index contributed by atoms with van der Waals surface area (Å²) in [6.07, 6.45) is 3.02. The van der Waals surface area contributed by atoms with E-state index in [-0.39, 0.29) is 23.5 Å². The molecule has 2 N–H and O–H groups in total. The van der Waals surface area contributed by atoms with Crippen molar-refractivity contribution in [3.05, 3.63) is 78.4 Å². The summed E-state index contributed by atoms with van der Waals surface area (Å²) in [7, 11) is -2.04. The second-order valence-electron chi connectivity index (χ2n) is 9.46. The predicted molar refractivity (Wildman–Crippen MR) is 138 cm³/mol. The Bertz CT molecular complexity index is 1350. The van der Waals surface area contributed by atoms with E-state index in [0.29, 0.717) is 18.7 Å². The smallest absolute Gasteiger partial charge is 0.243 e. The molecule has 0 unspecified atom stereocenters. The van der Waals surface area contributed by atoms with Gasteiger partial charge in [-0.1, -0.05) is 36.4 Å². The van der Waals surface area contributed by atoms with Crippen LogP contribution in [0.5, 0.6) is 5.75 Å². The highest BCUT2D eigenvalue weighted by Crippen LogP contribution is 2.49. The summed E-state index contributed by atoms with van der Waals surface area (Å²) in [5, 5.41) is 12.6. The van der Waals surface area contributed by atoms with Crippen LogP contribution in [0.3, 0.4) is 0 Å². The van der Waals surface area contributed by atoms with E-state index >= 15 is 0 Å². The SMILES string of the molecule is COc1ccc(C2(C(=O)Nc3cccc(-c4ccc(S(=O)(=O)N5CCC[C@@H]5CO)cc4)c3)CC2)cc1. The quantitative estimate of drug-likeness (QED) is 0.478. The lowest BCUT2D eigenvalue weighted by Crippen LogP contribution is -2.37. The van der Waals surface area contributed by atoms with Crippen LogP contribution in [0, 0.1) is 0 Å². The lowest BCUT2D eigenvalue weighted by atomic mass is 9.94. The van der Waals surface area contributed by atoms with Crippen LogP contribution in [0.25, 0.3) is 11.1 Å². The number of anilines is 1. The fraction of sp³-hybridized carbons (Fsp3) is 0.321. The standard InChI is InChI=1S/C28H30N2O5S/c1-35-25-11-9-22(10-12-25)28(15-16-28)27(32)29-23-5-2-4-21(18-23)20-7-13-26(14-8-20)36(33,34)30-17-3-6-24(30)19-31/h2,4-5,7-14,18,24,31H,3,6,15-17,19H2,1H3,(H,29,32)/t24-/m1/s1. The fourth-order valence-electron chi connectivity index (χ4n) is 4.97. The molecule has 188 valence electrons. The molecule has 5 rings (SSSR count). The molecule has 0 bridgehead atoms. The summed E-state index contributed by atoms with van der Waals surface area (Å²) < 4.78 is 32.7. The summed E-state index contributed by atoms with van der Waals surface area (Å²) in [6, 6.07) is 21.6. The molecule has 1 saturated heterocycles. The van der Waals surface area contributed by atoms with Gasteiger partial charge in [0.15, 0.2) is 0 Å². The highest BCUT2D eigenvalue weighted by atomic mass is 32.2. The Morgan fingerprint density at radius 1 is 1.06 bits per heavy atom. The number of sulfonamides is 1. The van der Waals surface area contributed by atoms with E-state index in [1.165, 1.54) is 4.31 Å². The van der Waals surface area contributed by atoms with E-state index in [1.807, 2.05) is 48.5 Å². The van der Waals surface area contributed by atoms with Gasteiger partial charge in [0, 0.05) is 18.3 Å². The minimum absolute atomic E-state index is 0.0321. The molecule has 8 heteroatoms. The number of carbonyl (C=O) groups is 1. The van der Waals surface area contributed by atoms with Crippen molar-refractivity contribution in [2.75, 3.05) is 25.6 Å². The lowest BCUT2D eigenvalue weighted by Gasteiger charge is -2.22. The molecular formula is C28H30N2O5S. The number of nitrogens with one attached hydrogen (secondary N) is 1. The molecular weight excluding hydrogens is 476 g/mol. The maximum atomic E-state index is 13.2. The average molecular weight is 507 g/mol. The Balaban J connectivity index is 1.32. The van der Waals surface area contributed by atoms with Gasteiger partial charge in [-0.2, -0.15) is 4.31 Å². The van der Waals surface area contributed by atoms with Crippen LogP contribution in [0.4, 0.5) is 5.69 Å². The van der Waals surface area contributed by atoms with Crippen LogP contribution in [0.15, 0.2) is 77.7 Å². The third-order valence-electron chi connectivity index (χ3n) is 7.28. The number of hydrogen-bond acceptors (Lipinski definition) is 5. The Kier molecular flexibility index (Phi) is 6.59. The van der Waals surface area contributed by atoms with Crippen LogP contribution >= 0.6 is 0 Å². The van der Waals surface area contributed by atoms with Crippen molar-refractivity contribution in [1.82, 2.24) is 4.31 Å². The molecule has 1 aliphatic carbocycles. The van der Waals surface area contributed by atoms with Gasteiger partial charge in [0.25, 0.3) is 0 Å². The van der Waals surface area contributed by atoms with Gasteiger partial charge in [-0.05, 0) is 78.8 Å². The molecule has 1 aliphatic heterocycles. The van der Waals surface area contributed by atoms with Crippen LogP contribution in [0.1, 0.15) is 31.2 Å². The fourth-order valence-corrected chi connectivity index (χ4v) is 6.66. The number of aliphatic hydroxyl groups is 1. The van der Waals surface area contributed by atoms with E-state index in [0.717, 1.165) is 41.7 Å². The van der Waals surface area contributed by atoms with E-state index in [9.17, 15) is 18.3 Å². The van der Waals surface area contributed by atoms with E-state index in [1.54, 1.807) is 31.4 Å². The van der Waals surface area contributed by atoms with Gasteiger partial charge in [-0.25, -0.2) is 8.42 Å². The molecule has 1 amide bonds. The molecule has 0 spiro atoms. The first-order chi connectivity index (χ1) is 17.4. The summed E-state index contributed by atoms with van der Waals surface area (Å²) in [6.45, 7) is 0.255. The minimum atomic E-state index is -3.65. The number of amides is 1. The summed E-state index contributed by atoms with van der Waals surface area (Å²) in [4.78, 5) is 13.4. The molecule has 3 aromatic rings. The molecule has 3 aromatic carbocycles. The van der Waals surface area contributed by atoms with Gasteiger partial charge in [0.05, 0.1) is 24.0 Å². The number of benzene rings is 3. The first-order valence-corrected chi connectivity index (χ1v) is 13.6. The van der Waals surface area contributed by atoms with Crippen LogP contribution in [0.2, 0.25) is 0 Å². The van der Waals surface area contributed by atoms with Gasteiger partial charge in [0.2, 0.25) is 15.9 Å². The number of methoxy groups -OCH3 is 1. The highest BCUT2D eigenvalue weighted by molar-refractivity contribution is 7.89. The number of rotatable bonds is 8. The van der Waals surface area contributed by atoms with Gasteiger partial charge >= 0.3 is 0 Å². The van der Waals surface area contributed by atoms with E-state index in [2.05, 4.69) is 5.32 Å². The van der Waals surface area contributed by atoms with Crippen molar-refractivity contribution in [3.63, 3.8) is 0 Å². The number of hydrogen-bond donors (Lipinski definition) is 2. The zero-order chi connectivity index (χ0) is 25.3. The average Bonchev–Trinajstić information content (AvgIpc) is 3.58. The van der Waals surface area contributed by atoms with E-state index < -0.39 is 15.4 Å². The summed E-state index contributed by atoms with van der Waals surface area (Å²) in [5.41, 5.74) is 2.88. The maximum Gasteiger partial charge on any atom is 0.243 e. The third-order valence-corrected chi connectivity index (χ3v) is 9.24. The molecule has 1 heterocycles. The number of nitrogens with zero attached hydrogens (tertiary/aromatic N) is 1. The van der Waals surface area contributed by atoms with Gasteiger partial charge in [-0.3, -0.25) is 4.79 Å². The molecule has 2 fully saturated rings. The second kappa shape index (κ2) is 9.69. The molecule has 36 heavy (non-hydrogen) atoms. The zero-order valence-electron chi connectivity index (χ0n) is 20.2. The number of ether oxygens (including phenoxy) is 1. The van der Waals surface area contributed by atoms with E-state index in [4.69, 9.17) is 4.74 Å². The highest BCUT2D eigenvalue weighted by Gasteiger charge is 2.51. The van der Waals surface area contributed by atoms with Crippen molar-refractivity contribution >= 4 is 21.6 Å². The Hall–Kier alpha value is -3.20. The molecule has 1 saturated carbocycles. The van der Waals surface area contributed by atoms with Crippen LogP contribution in [-0.2, 0) is 20.2 Å². The molecule has 0 radical (unpaired) electrons. The Morgan fingerprint density at radius 2 is 1.78 bits per heavy atom. The number of carbonyl (C=O) groups excluding carboxylic acids is 1. The second-order valence-corrected chi connectivity index (χ2v) is 11.4. The van der Waals surface area contributed by atoms with Crippen molar-refractivity contribution < 1.29 is 23.1 Å². The normalized spacial score (nSPS) is 19.1. The first-order valence-electron chi connectivity index (χ1n) is 12.2. The summed E-state index contributed by atoms with van der Waals surface area (Å²) in [5.74, 6) is 0.727. The molecule has 0 aromatic heterocycles. The van der Waals surface area contributed by atoms with Crippen LogP contribution in [-0.4, -0.2) is 50.0 Å². The molecule has 7 nitrogen and oxygen atoms in total. The largest absolute Gasteiger partial charge is 0.497 e. The zero-order valence-corrected chi connectivity index (χ0v) is 21.0. The minimum Gasteiger partial charge on any atom is -0.497 e. The third kappa shape index (κ3) is 4.52. The number of aliphatic hydroxyl groups excluding tert-OH is 1. The van der Waals surface area contributed by atoms with Crippen molar-refractivity contribution in [1.29, 1.82) is 0 Å². The monoisotopic (exact) mass is 506 g/mol. The lowest BCUT2D eigenvalue weighted by molar-refractivity contribution is -0.118. The Morgan fingerprint density at radius 3 is 2.42 bits per heavy atom. The first kappa shape index (κ1) is 24.5. The summed E-state index contributed by atoms with van der Waals surface area (Å²) >= 11 is 0. The van der Waals surface area contributed by atoms with Crippen molar-refractivity contribution in [2.24, 2.45) is 0 Å². The maximum absolute atomic E-state index is 13.2. The topological polar surface area (TPSA) is 95.9 Å². The van der Waals surface area contributed by atoms with Crippen LogP contribution < -0.4 is 10.1 Å². The van der Waals surface area contributed by atoms with Gasteiger partial charge in [-0.15, -0.1) is 0 Å². The Labute approximate surface area is 211 Å². The molecule has 1 atom stereocenters. The van der Waals surface area contributed by atoms with Gasteiger partial charge < -0.3 is 15.2 Å². The molecule has 2 aliphatic rings.